The third-order valence-corrected chi connectivity index (χ3v) is 5.41. The second-order valence-electron chi connectivity index (χ2n) is 5.25. The lowest BCUT2D eigenvalue weighted by atomic mass is 10.1. The molecule has 0 spiro atoms. The zero-order valence-electron chi connectivity index (χ0n) is 13.7. The SMILES string of the molecule is COc1cc(Br)c(CC(=O)N(C)Cc2sccc2C)cc1OC. The Morgan fingerprint density at radius 1 is 1.26 bits per heavy atom. The molecule has 0 unspecified atom stereocenters. The summed E-state index contributed by atoms with van der Waals surface area (Å²) >= 11 is 5.17. The third kappa shape index (κ3) is 4.26. The highest BCUT2D eigenvalue weighted by Crippen LogP contribution is 2.33. The van der Waals surface area contributed by atoms with Gasteiger partial charge in [0.1, 0.15) is 0 Å². The molecule has 6 heteroatoms. The minimum absolute atomic E-state index is 0.0609. The average Bonchev–Trinajstić information content (AvgIpc) is 2.93. The zero-order chi connectivity index (χ0) is 17.0. The predicted molar refractivity (Wildman–Crippen MR) is 96.5 cm³/mol. The van der Waals surface area contributed by atoms with Crippen molar-refractivity contribution in [2.24, 2.45) is 0 Å². The van der Waals surface area contributed by atoms with Crippen molar-refractivity contribution in [3.63, 3.8) is 0 Å². The van der Waals surface area contributed by atoms with Gasteiger partial charge in [0.15, 0.2) is 11.5 Å². The molecule has 1 aromatic carbocycles. The van der Waals surface area contributed by atoms with Gasteiger partial charge in [-0.3, -0.25) is 4.79 Å². The van der Waals surface area contributed by atoms with Gasteiger partial charge in [-0.15, -0.1) is 11.3 Å². The highest BCUT2D eigenvalue weighted by molar-refractivity contribution is 9.10. The van der Waals surface area contributed by atoms with Crippen molar-refractivity contribution in [3.05, 3.63) is 44.1 Å². The largest absolute Gasteiger partial charge is 0.493 e. The van der Waals surface area contributed by atoms with E-state index in [1.807, 2.05) is 24.6 Å². The van der Waals surface area contributed by atoms with Crippen molar-refractivity contribution in [2.75, 3.05) is 21.3 Å². The van der Waals surface area contributed by atoms with Gasteiger partial charge in [-0.05, 0) is 41.6 Å². The fraction of sp³-hybridized carbons (Fsp3) is 0.353. The molecule has 4 nitrogen and oxygen atoms in total. The molecule has 0 aliphatic carbocycles. The predicted octanol–water partition coefficient (Wildman–Crippen LogP) is 4.04. The lowest BCUT2D eigenvalue weighted by molar-refractivity contribution is -0.129. The van der Waals surface area contributed by atoms with Crippen molar-refractivity contribution >= 4 is 33.2 Å². The third-order valence-electron chi connectivity index (χ3n) is 3.67. The molecule has 0 aliphatic rings. The summed E-state index contributed by atoms with van der Waals surface area (Å²) in [5.41, 5.74) is 2.10. The van der Waals surface area contributed by atoms with Gasteiger partial charge in [-0.1, -0.05) is 15.9 Å². The quantitative estimate of drug-likeness (QED) is 0.738. The number of halogens is 1. The first kappa shape index (κ1) is 17.8. The molecule has 1 amide bonds. The minimum atomic E-state index is 0.0609. The second kappa shape index (κ2) is 7.84. The highest BCUT2D eigenvalue weighted by atomic mass is 79.9. The number of likely N-dealkylation sites (N-methyl/N-ethyl adjacent to an activating group) is 1. The fourth-order valence-electron chi connectivity index (χ4n) is 2.20. The van der Waals surface area contributed by atoms with E-state index in [9.17, 15) is 4.79 Å². The van der Waals surface area contributed by atoms with Crippen LogP contribution in [0.15, 0.2) is 28.1 Å². The van der Waals surface area contributed by atoms with E-state index in [0.29, 0.717) is 24.5 Å². The Morgan fingerprint density at radius 2 is 1.91 bits per heavy atom. The van der Waals surface area contributed by atoms with Gasteiger partial charge in [0.05, 0.1) is 27.2 Å². The number of amides is 1. The maximum Gasteiger partial charge on any atom is 0.227 e. The van der Waals surface area contributed by atoms with Crippen LogP contribution in [0.5, 0.6) is 11.5 Å². The summed E-state index contributed by atoms with van der Waals surface area (Å²) in [6.45, 7) is 2.70. The molecule has 2 rings (SSSR count). The monoisotopic (exact) mass is 397 g/mol. The minimum Gasteiger partial charge on any atom is -0.493 e. The number of rotatable bonds is 6. The van der Waals surface area contributed by atoms with Crippen molar-refractivity contribution in [3.8, 4) is 11.5 Å². The van der Waals surface area contributed by atoms with Crippen LogP contribution in [-0.2, 0) is 17.8 Å². The topological polar surface area (TPSA) is 38.8 Å². The van der Waals surface area contributed by atoms with Crippen molar-refractivity contribution in [2.45, 2.75) is 19.9 Å². The molecule has 0 saturated carbocycles. The van der Waals surface area contributed by atoms with Gasteiger partial charge < -0.3 is 14.4 Å². The van der Waals surface area contributed by atoms with E-state index >= 15 is 0 Å². The van der Waals surface area contributed by atoms with Crippen LogP contribution in [0.1, 0.15) is 16.0 Å². The van der Waals surface area contributed by atoms with Gasteiger partial charge in [0.25, 0.3) is 0 Å². The molecule has 1 aromatic heterocycles. The van der Waals surface area contributed by atoms with E-state index in [-0.39, 0.29) is 5.91 Å². The summed E-state index contributed by atoms with van der Waals surface area (Å²) in [7, 11) is 5.01. The fourth-order valence-corrected chi connectivity index (χ4v) is 3.62. The van der Waals surface area contributed by atoms with E-state index in [2.05, 4.69) is 28.9 Å². The molecular formula is C17H20BrNO3S. The standard InChI is InChI=1S/C17H20BrNO3S/c1-11-5-6-23-16(11)10-19(2)17(20)8-12-7-14(21-3)15(22-4)9-13(12)18/h5-7,9H,8,10H2,1-4H3. The zero-order valence-corrected chi connectivity index (χ0v) is 16.1. The summed E-state index contributed by atoms with van der Waals surface area (Å²) in [5.74, 6) is 1.32. The smallest absolute Gasteiger partial charge is 0.227 e. The van der Waals surface area contributed by atoms with E-state index in [4.69, 9.17) is 9.47 Å². The van der Waals surface area contributed by atoms with E-state index in [1.54, 1.807) is 30.5 Å². The number of hydrogen-bond donors (Lipinski definition) is 0. The van der Waals surface area contributed by atoms with Crippen molar-refractivity contribution < 1.29 is 14.3 Å². The van der Waals surface area contributed by atoms with Gasteiger partial charge >= 0.3 is 0 Å². The average molecular weight is 398 g/mol. The Hall–Kier alpha value is -1.53. The second-order valence-corrected chi connectivity index (χ2v) is 7.11. The lowest BCUT2D eigenvalue weighted by Crippen LogP contribution is -2.27. The number of thiophene rings is 1. The Balaban J connectivity index is 2.12. The summed E-state index contributed by atoms with van der Waals surface area (Å²) in [6.07, 6.45) is 0.307. The summed E-state index contributed by atoms with van der Waals surface area (Å²) in [5, 5.41) is 2.05. The van der Waals surface area contributed by atoms with Crippen molar-refractivity contribution in [1.29, 1.82) is 0 Å². The summed E-state index contributed by atoms with van der Waals surface area (Å²) in [6, 6.07) is 5.74. The number of ether oxygens (including phenoxy) is 2. The molecule has 23 heavy (non-hydrogen) atoms. The van der Waals surface area contributed by atoms with Crippen LogP contribution in [-0.4, -0.2) is 32.1 Å². The van der Waals surface area contributed by atoms with E-state index < -0.39 is 0 Å². The normalized spacial score (nSPS) is 10.5. The van der Waals surface area contributed by atoms with Crippen LogP contribution in [0.2, 0.25) is 0 Å². The van der Waals surface area contributed by atoms with Crippen LogP contribution in [0.3, 0.4) is 0 Å². The van der Waals surface area contributed by atoms with Gasteiger partial charge in [-0.2, -0.15) is 0 Å². The Bertz CT molecular complexity index is 699. The van der Waals surface area contributed by atoms with Gasteiger partial charge in [-0.25, -0.2) is 0 Å². The Kier molecular flexibility index (Phi) is 6.07. The first-order valence-electron chi connectivity index (χ1n) is 7.13. The maximum absolute atomic E-state index is 12.5. The molecule has 0 bridgehead atoms. The number of nitrogens with zero attached hydrogens (tertiary/aromatic N) is 1. The molecular weight excluding hydrogens is 378 g/mol. The highest BCUT2D eigenvalue weighted by Gasteiger charge is 2.16. The molecule has 1 heterocycles. The molecule has 0 atom stereocenters. The molecule has 0 aliphatic heterocycles. The molecule has 2 aromatic rings. The Morgan fingerprint density at radius 3 is 2.48 bits per heavy atom. The van der Waals surface area contributed by atoms with Crippen LogP contribution in [0, 0.1) is 6.92 Å². The first-order chi connectivity index (χ1) is 11.0. The van der Waals surface area contributed by atoms with E-state index in [0.717, 1.165) is 10.0 Å². The number of hydrogen-bond acceptors (Lipinski definition) is 4. The summed E-state index contributed by atoms with van der Waals surface area (Å²) in [4.78, 5) is 15.5. The Labute approximate surface area is 149 Å². The molecule has 0 fully saturated rings. The summed E-state index contributed by atoms with van der Waals surface area (Å²) < 4.78 is 11.4. The maximum atomic E-state index is 12.5. The van der Waals surface area contributed by atoms with Gasteiger partial charge in [0.2, 0.25) is 5.91 Å². The number of benzene rings is 1. The molecule has 0 saturated heterocycles. The molecule has 0 radical (unpaired) electrons. The van der Waals surface area contributed by atoms with Crippen LogP contribution >= 0.6 is 27.3 Å². The lowest BCUT2D eigenvalue weighted by Gasteiger charge is -2.18. The van der Waals surface area contributed by atoms with Crippen LogP contribution in [0.25, 0.3) is 0 Å². The van der Waals surface area contributed by atoms with Crippen LogP contribution < -0.4 is 9.47 Å². The van der Waals surface area contributed by atoms with E-state index in [1.165, 1.54) is 10.4 Å². The number of carbonyl (C=O) groups is 1. The molecule has 124 valence electrons. The number of aryl methyl sites for hydroxylation is 1. The van der Waals surface area contributed by atoms with Crippen molar-refractivity contribution in [1.82, 2.24) is 4.90 Å². The van der Waals surface area contributed by atoms with Crippen LogP contribution in [0.4, 0.5) is 0 Å². The first-order valence-corrected chi connectivity index (χ1v) is 8.80. The number of methoxy groups -OCH3 is 2. The number of carbonyl (C=O) groups excluding carboxylic acids is 1. The molecule has 0 N–H and O–H groups in total. The van der Waals surface area contributed by atoms with Gasteiger partial charge in [0, 0.05) is 16.4 Å².